The molecule has 0 saturated carbocycles. The molecule has 0 radical (unpaired) electrons. The summed E-state index contributed by atoms with van der Waals surface area (Å²) in [4.78, 5) is 17.9. The summed E-state index contributed by atoms with van der Waals surface area (Å²) in [5.41, 5.74) is 2.15. The summed E-state index contributed by atoms with van der Waals surface area (Å²) in [7, 11) is 5.13. The number of benzene rings is 1. The molecular weight excluding hydrogens is 304 g/mol. The number of carbonyl (C=O) groups is 1. The van der Waals surface area contributed by atoms with E-state index < -0.39 is 0 Å². The normalized spacial score (nSPS) is 11.4. The number of ether oxygens (including phenoxy) is 1. The minimum Gasteiger partial charge on any atom is -0.496 e. The molecular formula is C18H30N4O2. The topological polar surface area (TPSA) is 66.0 Å². The second-order valence-electron chi connectivity index (χ2n) is 6.40. The van der Waals surface area contributed by atoms with E-state index in [9.17, 15) is 4.79 Å². The number of carbonyl (C=O) groups excluding carboxylic acids is 1. The fraction of sp³-hybridized carbons (Fsp3) is 0.556. The molecule has 0 aromatic heterocycles. The SMILES string of the molecule is COc1cc(C)ccc1CN=C(NCC(=O)N(C)C)NCC(C)C. The molecule has 1 amide bonds. The Bertz CT molecular complexity index is 568. The number of likely N-dealkylation sites (N-methyl/N-ethyl adjacent to an activating group) is 1. The standard InChI is InChI=1S/C18H30N4O2/c1-13(2)10-19-18(21-12-17(23)22(4)5)20-11-15-8-7-14(3)9-16(15)24-6/h7-9,13H,10-12H2,1-6H3,(H2,19,20,21). The van der Waals surface area contributed by atoms with Crippen LogP contribution in [-0.2, 0) is 11.3 Å². The van der Waals surface area contributed by atoms with Gasteiger partial charge in [0, 0.05) is 26.2 Å². The summed E-state index contributed by atoms with van der Waals surface area (Å²) in [5.74, 6) is 1.94. The molecule has 2 N–H and O–H groups in total. The molecule has 1 aromatic carbocycles. The highest BCUT2D eigenvalue weighted by atomic mass is 16.5. The number of aliphatic imine (C=N–C) groups is 1. The Kier molecular flexibility index (Phi) is 8.09. The fourth-order valence-corrected chi connectivity index (χ4v) is 1.94. The highest BCUT2D eigenvalue weighted by molar-refractivity contribution is 5.86. The van der Waals surface area contributed by atoms with Crippen LogP contribution in [0.3, 0.4) is 0 Å². The van der Waals surface area contributed by atoms with E-state index in [-0.39, 0.29) is 12.5 Å². The van der Waals surface area contributed by atoms with Gasteiger partial charge in [-0.25, -0.2) is 4.99 Å². The molecule has 0 fully saturated rings. The van der Waals surface area contributed by atoms with Crippen molar-refractivity contribution in [1.29, 1.82) is 0 Å². The van der Waals surface area contributed by atoms with Gasteiger partial charge in [-0.3, -0.25) is 4.79 Å². The molecule has 6 nitrogen and oxygen atoms in total. The van der Waals surface area contributed by atoms with Gasteiger partial charge in [0.1, 0.15) is 5.75 Å². The predicted molar refractivity (Wildman–Crippen MR) is 98.4 cm³/mol. The van der Waals surface area contributed by atoms with Gasteiger partial charge in [0.05, 0.1) is 20.2 Å². The van der Waals surface area contributed by atoms with Gasteiger partial charge in [-0.1, -0.05) is 26.0 Å². The van der Waals surface area contributed by atoms with Crippen LogP contribution in [0.1, 0.15) is 25.0 Å². The Morgan fingerprint density at radius 3 is 2.58 bits per heavy atom. The summed E-state index contributed by atoms with van der Waals surface area (Å²) >= 11 is 0. The average Bonchev–Trinajstić information content (AvgIpc) is 2.54. The first-order valence-electron chi connectivity index (χ1n) is 8.19. The molecule has 0 bridgehead atoms. The van der Waals surface area contributed by atoms with Crippen molar-refractivity contribution in [2.24, 2.45) is 10.9 Å². The molecule has 24 heavy (non-hydrogen) atoms. The third-order valence-electron chi connectivity index (χ3n) is 3.43. The van der Waals surface area contributed by atoms with Crippen LogP contribution < -0.4 is 15.4 Å². The van der Waals surface area contributed by atoms with E-state index in [0.29, 0.717) is 18.4 Å². The second kappa shape index (κ2) is 9.80. The van der Waals surface area contributed by atoms with Crippen LogP contribution in [0.2, 0.25) is 0 Å². The number of guanidine groups is 1. The second-order valence-corrected chi connectivity index (χ2v) is 6.40. The summed E-state index contributed by atoms with van der Waals surface area (Å²) in [6.07, 6.45) is 0. The molecule has 1 aromatic rings. The van der Waals surface area contributed by atoms with Crippen molar-refractivity contribution >= 4 is 11.9 Å². The van der Waals surface area contributed by atoms with E-state index in [2.05, 4.69) is 29.5 Å². The molecule has 134 valence electrons. The van der Waals surface area contributed by atoms with E-state index in [1.54, 1.807) is 26.1 Å². The van der Waals surface area contributed by atoms with Gasteiger partial charge in [-0.15, -0.1) is 0 Å². The van der Waals surface area contributed by atoms with Crippen molar-refractivity contribution in [2.75, 3.05) is 34.3 Å². The van der Waals surface area contributed by atoms with Gasteiger partial charge in [-0.05, 0) is 24.5 Å². The zero-order valence-electron chi connectivity index (χ0n) is 15.6. The lowest BCUT2D eigenvalue weighted by molar-refractivity contribution is -0.127. The first-order valence-corrected chi connectivity index (χ1v) is 8.19. The van der Waals surface area contributed by atoms with Gasteiger partial charge in [0.2, 0.25) is 5.91 Å². The number of hydrogen-bond donors (Lipinski definition) is 2. The summed E-state index contributed by atoms with van der Waals surface area (Å²) in [5, 5.41) is 6.34. The van der Waals surface area contributed by atoms with Crippen molar-refractivity contribution in [3.05, 3.63) is 29.3 Å². The lowest BCUT2D eigenvalue weighted by Crippen LogP contribution is -2.44. The van der Waals surface area contributed by atoms with Crippen LogP contribution in [0.25, 0.3) is 0 Å². The zero-order valence-corrected chi connectivity index (χ0v) is 15.6. The largest absolute Gasteiger partial charge is 0.496 e. The van der Waals surface area contributed by atoms with Crippen LogP contribution >= 0.6 is 0 Å². The molecule has 0 aliphatic carbocycles. The lowest BCUT2D eigenvalue weighted by Gasteiger charge is -2.16. The molecule has 0 spiro atoms. The van der Waals surface area contributed by atoms with Crippen molar-refractivity contribution in [3.8, 4) is 5.75 Å². The highest BCUT2D eigenvalue weighted by Crippen LogP contribution is 2.20. The highest BCUT2D eigenvalue weighted by Gasteiger charge is 2.08. The lowest BCUT2D eigenvalue weighted by atomic mass is 10.1. The minimum absolute atomic E-state index is 0.00182. The maximum atomic E-state index is 11.8. The Morgan fingerprint density at radius 1 is 1.29 bits per heavy atom. The van der Waals surface area contributed by atoms with Crippen LogP contribution in [0, 0.1) is 12.8 Å². The van der Waals surface area contributed by atoms with E-state index in [1.165, 1.54) is 0 Å². The summed E-state index contributed by atoms with van der Waals surface area (Å²) < 4.78 is 5.42. The summed E-state index contributed by atoms with van der Waals surface area (Å²) in [6.45, 7) is 7.75. The van der Waals surface area contributed by atoms with Gasteiger partial charge in [-0.2, -0.15) is 0 Å². The Labute approximate surface area is 145 Å². The number of aryl methyl sites for hydroxylation is 1. The summed E-state index contributed by atoms with van der Waals surface area (Å²) in [6, 6.07) is 6.05. The van der Waals surface area contributed by atoms with Crippen LogP contribution in [0.15, 0.2) is 23.2 Å². The maximum Gasteiger partial charge on any atom is 0.241 e. The third-order valence-corrected chi connectivity index (χ3v) is 3.43. The molecule has 0 aliphatic heterocycles. The average molecular weight is 334 g/mol. The molecule has 0 heterocycles. The molecule has 0 atom stereocenters. The molecule has 0 saturated heterocycles. The Hall–Kier alpha value is -2.24. The van der Waals surface area contributed by atoms with Crippen molar-refractivity contribution in [2.45, 2.75) is 27.3 Å². The number of methoxy groups -OCH3 is 1. The number of amides is 1. The van der Waals surface area contributed by atoms with Crippen LogP contribution in [0.4, 0.5) is 0 Å². The maximum absolute atomic E-state index is 11.8. The first-order chi connectivity index (χ1) is 11.3. The number of nitrogens with zero attached hydrogens (tertiary/aromatic N) is 2. The van der Waals surface area contributed by atoms with E-state index >= 15 is 0 Å². The smallest absolute Gasteiger partial charge is 0.241 e. The monoisotopic (exact) mass is 334 g/mol. The molecule has 0 unspecified atom stereocenters. The van der Waals surface area contributed by atoms with Gasteiger partial charge >= 0.3 is 0 Å². The Balaban J connectivity index is 2.81. The number of rotatable bonds is 7. The quantitative estimate of drug-likeness (QED) is 0.589. The van der Waals surface area contributed by atoms with Gasteiger partial charge < -0.3 is 20.3 Å². The third kappa shape index (κ3) is 6.89. The molecule has 1 rings (SSSR count). The Morgan fingerprint density at radius 2 is 2.00 bits per heavy atom. The number of nitrogens with one attached hydrogen (secondary N) is 2. The number of hydrogen-bond acceptors (Lipinski definition) is 3. The molecule has 6 heteroatoms. The van der Waals surface area contributed by atoms with E-state index in [1.807, 2.05) is 25.1 Å². The van der Waals surface area contributed by atoms with Crippen LogP contribution in [-0.4, -0.2) is 51.1 Å². The first kappa shape index (κ1) is 19.8. The van der Waals surface area contributed by atoms with Crippen molar-refractivity contribution < 1.29 is 9.53 Å². The minimum atomic E-state index is 0.00182. The zero-order chi connectivity index (χ0) is 18.1. The van der Waals surface area contributed by atoms with Crippen molar-refractivity contribution in [3.63, 3.8) is 0 Å². The fourth-order valence-electron chi connectivity index (χ4n) is 1.94. The molecule has 0 aliphatic rings. The van der Waals surface area contributed by atoms with Gasteiger partial charge in [0.15, 0.2) is 5.96 Å². The predicted octanol–water partition coefficient (Wildman–Crippen LogP) is 1.78. The van der Waals surface area contributed by atoms with E-state index in [0.717, 1.165) is 23.4 Å². The van der Waals surface area contributed by atoms with Crippen molar-refractivity contribution in [1.82, 2.24) is 15.5 Å². The van der Waals surface area contributed by atoms with Gasteiger partial charge in [0.25, 0.3) is 0 Å². The van der Waals surface area contributed by atoms with Crippen LogP contribution in [0.5, 0.6) is 5.75 Å². The van der Waals surface area contributed by atoms with E-state index in [4.69, 9.17) is 4.74 Å².